The first-order chi connectivity index (χ1) is 26.8. The van der Waals surface area contributed by atoms with Crippen molar-refractivity contribution in [2.24, 2.45) is 26.1 Å². The van der Waals surface area contributed by atoms with Crippen LogP contribution >= 0.6 is 11.6 Å². The SMILES string of the molecule is C=NC1=NCc2ccc(c(Cl)c2)OCCCN(c2cccc3ccccc23)CC(C)(C)CNC(=O)c2ccc(cc2)N1.C=NCC(F)(F)F.CN.CO.O=CO. The number of hydrogen-bond donors (Lipinski definition) is 5. The number of aliphatic hydroxyl groups excluding tert-OH is 1. The van der Waals surface area contributed by atoms with Gasteiger partial charge in [-0.2, -0.15) is 13.2 Å². The van der Waals surface area contributed by atoms with E-state index in [1.807, 2.05) is 30.3 Å². The Bertz CT molecular complexity index is 1840. The lowest BCUT2D eigenvalue weighted by molar-refractivity contribution is -0.123. The maximum absolute atomic E-state index is 13.1. The van der Waals surface area contributed by atoms with Crippen LogP contribution in [-0.4, -0.2) is 95.1 Å². The van der Waals surface area contributed by atoms with Crippen molar-refractivity contribution in [3.63, 3.8) is 0 Å². The van der Waals surface area contributed by atoms with Crippen LogP contribution in [0.2, 0.25) is 5.02 Å². The minimum absolute atomic E-state index is 0.113. The van der Waals surface area contributed by atoms with E-state index in [0.717, 1.165) is 37.9 Å². The van der Waals surface area contributed by atoms with Crippen LogP contribution in [0.3, 0.4) is 0 Å². The zero-order valence-corrected chi connectivity index (χ0v) is 32.8. The number of carbonyl (C=O) groups is 2. The molecule has 0 aliphatic carbocycles. The second kappa shape index (κ2) is 25.5. The van der Waals surface area contributed by atoms with E-state index in [9.17, 15) is 18.0 Å². The van der Waals surface area contributed by atoms with Crippen molar-refractivity contribution in [1.82, 2.24) is 5.32 Å². The van der Waals surface area contributed by atoms with Crippen LogP contribution in [0, 0.1) is 5.41 Å². The molecule has 1 amide bonds. The zero-order valence-electron chi connectivity index (χ0n) is 32.0. The summed E-state index contributed by atoms with van der Waals surface area (Å²) in [6, 6.07) is 27.8. The summed E-state index contributed by atoms with van der Waals surface area (Å²) in [6.45, 7) is 12.2. The molecule has 12 nitrogen and oxygen atoms in total. The molecule has 4 aromatic carbocycles. The number of guanidine groups is 1. The number of rotatable bonds is 2. The summed E-state index contributed by atoms with van der Waals surface area (Å²) >= 11 is 6.58. The number of aliphatic hydroxyl groups is 1. The first kappa shape index (κ1) is 48.5. The number of fused-ring (bicyclic) bond motifs is 3. The van der Waals surface area contributed by atoms with Crippen LogP contribution in [0.15, 0.2) is 99.9 Å². The topological polar surface area (TPSA) is 174 Å². The third kappa shape index (κ3) is 17.3. The smallest absolute Gasteiger partial charge is 0.407 e. The van der Waals surface area contributed by atoms with Gasteiger partial charge in [-0.05, 0) is 85.7 Å². The predicted octanol–water partition coefficient (Wildman–Crippen LogP) is 7.34. The molecule has 0 unspecified atom stereocenters. The number of halogens is 4. The number of benzene rings is 4. The largest absolute Gasteiger partial charge is 0.492 e. The normalized spacial score (nSPS) is 14.1. The predicted molar refractivity (Wildman–Crippen MR) is 222 cm³/mol. The highest BCUT2D eigenvalue weighted by Crippen LogP contribution is 2.31. The minimum atomic E-state index is -4.18. The molecule has 4 bridgehead atoms. The number of aliphatic imine (C=N–C) groups is 3. The van der Waals surface area contributed by atoms with E-state index in [4.69, 9.17) is 31.3 Å². The number of amides is 1. The molecule has 0 fully saturated rings. The third-order valence-electron chi connectivity index (χ3n) is 7.54. The van der Waals surface area contributed by atoms with E-state index in [1.165, 1.54) is 23.5 Å². The van der Waals surface area contributed by atoms with Gasteiger partial charge >= 0.3 is 6.18 Å². The summed E-state index contributed by atoms with van der Waals surface area (Å²) in [5.41, 5.74) is 7.72. The van der Waals surface area contributed by atoms with E-state index < -0.39 is 12.7 Å². The van der Waals surface area contributed by atoms with Gasteiger partial charge in [-0.25, -0.2) is 9.98 Å². The zero-order chi connectivity index (χ0) is 42.1. The number of carbonyl (C=O) groups excluding carboxylic acids is 1. The fourth-order valence-electron chi connectivity index (χ4n) is 5.22. The Labute approximate surface area is 331 Å². The summed E-state index contributed by atoms with van der Waals surface area (Å²) in [5.74, 6) is 0.910. The number of hydrogen-bond acceptors (Lipinski definition) is 10. The molecule has 4 aromatic rings. The Morgan fingerprint density at radius 2 is 1.68 bits per heavy atom. The molecule has 0 aromatic heterocycles. The summed E-state index contributed by atoms with van der Waals surface area (Å²) in [5, 5.41) is 23.1. The standard InChI is InChI=1S/C34H36ClN5O2.C3H4F3N.CH5N.CH2O2.CH4O/c1-34(2)22-38-32(41)26-13-15-27(16-14-26)39-33(36-3)37-21-24-12-17-31(29(35)20-24)42-19-7-18-40(23-34)30-11-6-9-25-8-4-5-10-28(25)30;1-7-2-3(4,5)6;1-2;2-1-3;1-2/h4-6,8-17,20H,3,7,18-19,21-23H2,1-2H3,(H,37,39)(H,38,41);1-2H2;2H2,1H3;1H,(H,2,3);2H,1H3. The van der Waals surface area contributed by atoms with E-state index in [1.54, 1.807) is 12.1 Å². The maximum Gasteiger partial charge on any atom is 0.407 e. The van der Waals surface area contributed by atoms with Gasteiger partial charge in [0.2, 0.25) is 5.96 Å². The molecule has 7 rings (SSSR count). The fraction of sp³-hybridized carbons (Fsp3) is 0.325. The van der Waals surface area contributed by atoms with Gasteiger partial charge in [0.15, 0.2) is 0 Å². The second-order valence-corrected chi connectivity index (χ2v) is 12.7. The summed E-state index contributed by atoms with van der Waals surface area (Å²) < 4.78 is 38.9. The van der Waals surface area contributed by atoms with Gasteiger partial charge in [0.25, 0.3) is 12.4 Å². The lowest BCUT2D eigenvalue weighted by atomic mass is 9.91. The van der Waals surface area contributed by atoms with Crippen LogP contribution < -0.4 is 26.0 Å². The number of alkyl halides is 3. The van der Waals surface area contributed by atoms with Crippen LogP contribution in [0.25, 0.3) is 10.8 Å². The van der Waals surface area contributed by atoms with Crippen molar-refractivity contribution in [3.8, 4) is 5.75 Å². The molecular weight excluding hydrogens is 751 g/mol. The van der Waals surface area contributed by atoms with Crippen LogP contribution in [0.1, 0.15) is 36.2 Å². The number of nitrogens with one attached hydrogen (secondary N) is 2. The highest BCUT2D eigenvalue weighted by Gasteiger charge is 2.26. The lowest BCUT2D eigenvalue weighted by Crippen LogP contribution is -2.43. The average Bonchev–Trinajstić information content (AvgIpc) is 3.18. The molecule has 6 N–H and O–H groups in total. The van der Waals surface area contributed by atoms with Crippen molar-refractivity contribution < 1.29 is 37.7 Å². The molecule has 0 atom stereocenters. The number of anilines is 2. The highest BCUT2D eigenvalue weighted by molar-refractivity contribution is 6.32. The van der Waals surface area contributed by atoms with Gasteiger partial charge in [-0.1, -0.05) is 67.9 Å². The molecule has 0 saturated carbocycles. The summed E-state index contributed by atoms with van der Waals surface area (Å²) in [6.07, 6.45) is -3.39. The van der Waals surface area contributed by atoms with Crippen molar-refractivity contribution in [2.45, 2.75) is 33.0 Å². The number of nitrogens with zero attached hydrogens (tertiary/aromatic N) is 4. The van der Waals surface area contributed by atoms with Gasteiger partial charge in [0.05, 0.1) is 18.2 Å². The van der Waals surface area contributed by atoms with Crippen molar-refractivity contribution in [1.29, 1.82) is 0 Å². The lowest BCUT2D eigenvalue weighted by Gasteiger charge is -2.35. The number of nitrogens with two attached hydrogens (primary N) is 1. The Kier molecular flexibility index (Phi) is 22.1. The van der Waals surface area contributed by atoms with Gasteiger partial charge in [0.1, 0.15) is 12.3 Å². The van der Waals surface area contributed by atoms with Crippen molar-refractivity contribution >= 4 is 65.5 Å². The maximum atomic E-state index is 13.1. The molecule has 3 aliphatic heterocycles. The number of carboxylic acid groups (broad SMARTS) is 1. The van der Waals surface area contributed by atoms with Gasteiger partial charge in [-0.15, -0.1) is 0 Å². The minimum Gasteiger partial charge on any atom is -0.492 e. The van der Waals surface area contributed by atoms with Crippen molar-refractivity contribution in [2.75, 3.05) is 57.2 Å². The highest BCUT2D eigenvalue weighted by atomic mass is 35.5. The molecule has 304 valence electrons. The summed E-state index contributed by atoms with van der Waals surface area (Å²) in [4.78, 5) is 35.0. The monoisotopic (exact) mass is 801 g/mol. The van der Waals surface area contributed by atoms with Crippen molar-refractivity contribution in [3.05, 3.63) is 101 Å². The average molecular weight is 802 g/mol. The third-order valence-corrected chi connectivity index (χ3v) is 7.83. The van der Waals surface area contributed by atoms with Crippen LogP contribution in [0.5, 0.6) is 5.75 Å². The Morgan fingerprint density at radius 1 is 1.04 bits per heavy atom. The van der Waals surface area contributed by atoms with Crippen LogP contribution in [0.4, 0.5) is 24.5 Å². The Morgan fingerprint density at radius 3 is 2.27 bits per heavy atom. The molecule has 3 heterocycles. The van der Waals surface area contributed by atoms with Gasteiger partial charge in [0, 0.05) is 49.1 Å². The fourth-order valence-corrected chi connectivity index (χ4v) is 5.47. The van der Waals surface area contributed by atoms with E-state index in [-0.39, 0.29) is 17.8 Å². The Balaban J connectivity index is 0.000000975. The van der Waals surface area contributed by atoms with E-state index in [0.29, 0.717) is 42.0 Å². The van der Waals surface area contributed by atoms with E-state index in [2.05, 4.69) is 106 Å². The number of ether oxygens (including phenoxy) is 1. The molecule has 0 spiro atoms. The first-order valence-electron chi connectivity index (χ1n) is 17.2. The van der Waals surface area contributed by atoms with E-state index >= 15 is 0 Å². The molecule has 3 aliphatic rings. The molecule has 16 heteroatoms. The first-order valence-corrected chi connectivity index (χ1v) is 17.6. The molecule has 0 saturated heterocycles. The van der Waals surface area contributed by atoms with Gasteiger partial charge in [-0.3, -0.25) is 14.6 Å². The quantitative estimate of drug-likeness (QED) is 0.103. The summed E-state index contributed by atoms with van der Waals surface area (Å²) in [7, 11) is 2.50. The van der Waals surface area contributed by atoms with Crippen LogP contribution in [-0.2, 0) is 11.3 Å². The molecule has 0 radical (unpaired) electrons. The Hall–Kier alpha value is -5.51. The molecule has 56 heavy (non-hydrogen) atoms. The van der Waals surface area contributed by atoms with Gasteiger partial charge < -0.3 is 36.2 Å². The molecular formula is C40H51ClF3N7O5. The second-order valence-electron chi connectivity index (χ2n) is 12.3.